The van der Waals surface area contributed by atoms with Crippen molar-refractivity contribution in [1.29, 1.82) is 0 Å². The molecule has 2 aliphatic heterocycles. The summed E-state index contributed by atoms with van der Waals surface area (Å²) in [6.07, 6.45) is 9.14. The molecule has 1 aliphatic carbocycles. The van der Waals surface area contributed by atoms with E-state index in [1.165, 1.54) is 11.1 Å². The zero-order valence-corrected chi connectivity index (χ0v) is 18.1. The van der Waals surface area contributed by atoms with E-state index in [0.29, 0.717) is 13.0 Å². The lowest BCUT2D eigenvalue weighted by molar-refractivity contribution is -0.146. The molecule has 1 aromatic rings. The Labute approximate surface area is 179 Å². The lowest BCUT2D eigenvalue weighted by Gasteiger charge is -2.49. The number of allylic oxidation sites excluding steroid dienone is 2. The summed E-state index contributed by atoms with van der Waals surface area (Å²) >= 11 is 0. The van der Waals surface area contributed by atoms with Gasteiger partial charge in [0.1, 0.15) is 0 Å². The Morgan fingerprint density at radius 2 is 1.73 bits per heavy atom. The highest BCUT2D eigenvalue weighted by atomic mass is 16.3. The summed E-state index contributed by atoms with van der Waals surface area (Å²) in [4.78, 5) is 29.5. The molecule has 2 amide bonds. The van der Waals surface area contributed by atoms with Crippen LogP contribution in [0.5, 0.6) is 0 Å². The van der Waals surface area contributed by atoms with Gasteiger partial charge in [0.05, 0.1) is 6.10 Å². The first-order chi connectivity index (χ1) is 14.4. The van der Waals surface area contributed by atoms with Crippen LogP contribution in [-0.2, 0) is 16.0 Å². The molecule has 1 aromatic carbocycles. The number of carbonyl (C=O) groups excluding carboxylic acids is 2. The average Bonchev–Trinajstić information content (AvgIpc) is 3.27. The molecule has 30 heavy (non-hydrogen) atoms. The van der Waals surface area contributed by atoms with E-state index < -0.39 is 6.10 Å². The van der Waals surface area contributed by atoms with E-state index in [9.17, 15) is 14.7 Å². The molecule has 0 bridgehead atoms. The van der Waals surface area contributed by atoms with Gasteiger partial charge in [-0.2, -0.15) is 0 Å². The van der Waals surface area contributed by atoms with E-state index >= 15 is 0 Å². The Morgan fingerprint density at radius 1 is 1.07 bits per heavy atom. The Morgan fingerprint density at radius 3 is 2.40 bits per heavy atom. The summed E-state index contributed by atoms with van der Waals surface area (Å²) in [6, 6.07) is 8.38. The topological polar surface area (TPSA) is 60.9 Å². The fraction of sp³-hybridized carbons (Fsp3) is 0.600. The standard InChI is InChI=1S/C25H34N2O3/c1-19-6-8-20(9-7-19)10-11-23(29)26-14-12-25(13-15-26)16-22(28)17-27(18-25)24(30)21-4-2-3-5-21/h2-3,6-9,21-22,28H,4-5,10-18H2,1H3. The van der Waals surface area contributed by atoms with Crippen LogP contribution in [0.15, 0.2) is 36.4 Å². The molecule has 3 aliphatic rings. The highest BCUT2D eigenvalue weighted by Gasteiger charge is 2.44. The van der Waals surface area contributed by atoms with Gasteiger partial charge in [-0.05, 0) is 56.4 Å². The molecule has 1 spiro atoms. The van der Waals surface area contributed by atoms with Crippen LogP contribution in [0.2, 0.25) is 0 Å². The average molecular weight is 411 g/mol. The lowest BCUT2D eigenvalue weighted by Crippen LogP contribution is -2.56. The molecule has 162 valence electrons. The van der Waals surface area contributed by atoms with Crippen molar-refractivity contribution in [3.05, 3.63) is 47.5 Å². The van der Waals surface area contributed by atoms with E-state index in [1.807, 2.05) is 9.80 Å². The summed E-state index contributed by atoms with van der Waals surface area (Å²) in [7, 11) is 0. The van der Waals surface area contributed by atoms with E-state index in [0.717, 1.165) is 58.2 Å². The minimum Gasteiger partial charge on any atom is -0.391 e. The Balaban J connectivity index is 1.30. The molecular weight excluding hydrogens is 376 g/mol. The second-order valence-corrected chi connectivity index (χ2v) is 9.58. The minimum absolute atomic E-state index is 0.0485. The second kappa shape index (κ2) is 8.93. The van der Waals surface area contributed by atoms with Crippen molar-refractivity contribution in [2.45, 2.75) is 58.0 Å². The van der Waals surface area contributed by atoms with Crippen LogP contribution in [0.3, 0.4) is 0 Å². The van der Waals surface area contributed by atoms with Gasteiger partial charge >= 0.3 is 0 Å². The predicted octanol–water partition coefficient (Wildman–Crippen LogP) is 3.10. The third kappa shape index (κ3) is 4.77. The molecule has 1 unspecified atom stereocenters. The second-order valence-electron chi connectivity index (χ2n) is 9.58. The van der Waals surface area contributed by atoms with Crippen molar-refractivity contribution < 1.29 is 14.7 Å². The molecule has 0 aromatic heterocycles. The number of nitrogens with zero attached hydrogens (tertiary/aromatic N) is 2. The van der Waals surface area contributed by atoms with Crippen LogP contribution in [0.1, 0.15) is 49.7 Å². The van der Waals surface area contributed by atoms with Gasteiger partial charge in [0, 0.05) is 38.5 Å². The van der Waals surface area contributed by atoms with Crippen molar-refractivity contribution in [3.63, 3.8) is 0 Å². The van der Waals surface area contributed by atoms with Gasteiger partial charge in [0.2, 0.25) is 11.8 Å². The van der Waals surface area contributed by atoms with Crippen molar-refractivity contribution in [2.24, 2.45) is 11.3 Å². The van der Waals surface area contributed by atoms with Crippen LogP contribution >= 0.6 is 0 Å². The third-order valence-electron chi connectivity index (χ3n) is 7.22. The molecule has 1 N–H and O–H groups in total. The fourth-order valence-electron chi connectivity index (χ4n) is 5.35. The minimum atomic E-state index is -0.458. The number of amides is 2. The van der Waals surface area contributed by atoms with Crippen LogP contribution < -0.4 is 0 Å². The smallest absolute Gasteiger partial charge is 0.226 e. The molecular formula is C25H34N2O3. The SMILES string of the molecule is Cc1ccc(CCC(=O)N2CCC3(CC2)CC(O)CN(C(=O)C2CC=CC2)C3)cc1. The lowest BCUT2D eigenvalue weighted by atomic mass is 9.71. The molecule has 4 rings (SSSR count). The molecule has 2 fully saturated rings. The largest absolute Gasteiger partial charge is 0.391 e. The van der Waals surface area contributed by atoms with E-state index in [2.05, 4.69) is 43.3 Å². The molecule has 5 heteroatoms. The first-order valence-corrected chi connectivity index (χ1v) is 11.4. The van der Waals surface area contributed by atoms with E-state index in [-0.39, 0.29) is 23.1 Å². The van der Waals surface area contributed by atoms with E-state index in [1.54, 1.807) is 0 Å². The van der Waals surface area contributed by atoms with Gasteiger partial charge in [0.25, 0.3) is 0 Å². The summed E-state index contributed by atoms with van der Waals surface area (Å²) in [5.41, 5.74) is 2.39. The zero-order chi connectivity index (χ0) is 21.1. The number of rotatable bonds is 4. The maximum atomic E-state index is 12.9. The number of β-amino-alcohol motifs (C(OH)–C–C–N with tert-alkyl or cyclic N) is 1. The number of aryl methyl sites for hydroxylation is 2. The molecule has 5 nitrogen and oxygen atoms in total. The van der Waals surface area contributed by atoms with Gasteiger partial charge in [-0.1, -0.05) is 42.0 Å². The molecule has 2 saturated heterocycles. The zero-order valence-electron chi connectivity index (χ0n) is 18.1. The van der Waals surface area contributed by atoms with Crippen LogP contribution in [0.4, 0.5) is 0 Å². The molecule has 0 saturated carbocycles. The first kappa shape index (κ1) is 21.1. The van der Waals surface area contributed by atoms with Crippen molar-refractivity contribution >= 4 is 11.8 Å². The first-order valence-electron chi connectivity index (χ1n) is 11.4. The summed E-state index contributed by atoms with van der Waals surface area (Å²) in [5.74, 6) is 0.456. The number of aliphatic hydroxyl groups is 1. The van der Waals surface area contributed by atoms with Crippen LogP contribution in [0, 0.1) is 18.3 Å². The maximum Gasteiger partial charge on any atom is 0.226 e. The maximum absolute atomic E-state index is 12.9. The Hall–Kier alpha value is -2.14. The molecule has 2 heterocycles. The number of aliphatic hydroxyl groups excluding tert-OH is 1. The number of hydrogen-bond acceptors (Lipinski definition) is 3. The molecule has 0 radical (unpaired) electrons. The van der Waals surface area contributed by atoms with Gasteiger partial charge in [-0.25, -0.2) is 0 Å². The Kier molecular flexibility index (Phi) is 6.28. The van der Waals surface area contributed by atoms with Crippen molar-refractivity contribution in [2.75, 3.05) is 26.2 Å². The van der Waals surface area contributed by atoms with Crippen molar-refractivity contribution in [1.82, 2.24) is 9.80 Å². The highest BCUT2D eigenvalue weighted by Crippen LogP contribution is 2.41. The number of hydrogen-bond donors (Lipinski definition) is 1. The highest BCUT2D eigenvalue weighted by molar-refractivity contribution is 5.80. The number of piperidine rings is 2. The molecule has 1 atom stereocenters. The number of benzene rings is 1. The fourth-order valence-corrected chi connectivity index (χ4v) is 5.35. The number of carbonyl (C=O) groups is 2. The van der Waals surface area contributed by atoms with Crippen LogP contribution in [0.25, 0.3) is 0 Å². The third-order valence-corrected chi connectivity index (χ3v) is 7.22. The van der Waals surface area contributed by atoms with Crippen molar-refractivity contribution in [3.8, 4) is 0 Å². The van der Waals surface area contributed by atoms with Gasteiger partial charge in [0.15, 0.2) is 0 Å². The van der Waals surface area contributed by atoms with E-state index in [4.69, 9.17) is 0 Å². The normalized spacial score (nSPS) is 23.9. The van der Waals surface area contributed by atoms with Crippen LogP contribution in [-0.4, -0.2) is 59.0 Å². The number of likely N-dealkylation sites (tertiary alicyclic amines) is 2. The van der Waals surface area contributed by atoms with Gasteiger partial charge in [-0.3, -0.25) is 9.59 Å². The summed E-state index contributed by atoms with van der Waals surface area (Å²) < 4.78 is 0. The summed E-state index contributed by atoms with van der Waals surface area (Å²) in [6.45, 7) is 4.71. The Bertz CT molecular complexity index is 785. The monoisotopic (exact) mass is 410 g/mol. The van der Waals surface area contributed by atoms with Gasteiger partial charge < -0.3 is 14.9 Å². The quantitative estimate of drug-likeness (QED) is 0.776. The summed E-state index contributed by atoms with van der Waals surface area (Å²) in [5, 5.41) is 10.5. The predicted molar refractivity (Wildman–Crippen MR) is 117 cm³/mol. The van der Waals surface area contributed by atoms with Gasteiger partial charge in [-0.15, -0.1) is 0 Å².